The average molecular weight is 332 g/mol. The first-order valence-electron chi connectivity index (χ1n) is 7.89. The number of nitrogens with zero attached hydrogens (tertiary/aromatic N) is 1. The minimum absolute atomic E-state index is 0.0805. The zero-order chi connectivity index (χ0) is 16.2. The molecule has 1 saturated heterocycles. The van der Waals surface area contributed by atoms with Gasteiger partial charge in [0.15, 0.2) is 0 Å². The summed E-state index contributed by atoms with van der Waals surface area (Å²) in [6.45, 7) is 1.42. The Labute approximate surface area is 140 Å². The molecule has 1 heterocycles. The maximum absolute atomic E-state index is 13.0. The second kappa shape index (κ2) is 7.14. The lowest BCUT2D eigenvalue weighted by atomic mass is 9.89. The molecule has 0 radical (unpaired) electrons. The van der Waals surface area contributed by atoms with Crippen molar-refractivity contribution in [2.24, 2.45) is 5.92 Å². The Bertz CT molecular complexity index is 651. The molecule has 0 N–H and O–H groups in total. The van der Waals surface area contributed by atoms with E-state index in [0.717, 1.165) is 24.0 Å². The minimum atomic E-state index is -0.249. The monoisotopic (exact) mass is 331 g/mol. The standard InChI is InChI=1S/C19H19ClFNO/c20-18(14-6-8-17(21)9-7-14)15-10-12-22(13-11-15)19(23)16-4-2-1-3-5-16/h1-9,15,18H,10-13H2. The summed E-state index contributed by atoms with van der Waals surface area (Å²) in [4.78, 5) is 14.3. The number of likely N-dealkylation sites (tertiary alicyclic amines) is 1. The van der Waals surface area contributed by atoms with Crippen molar-refractivity contribution in [3.05, 3.63) is 71.5 Å². The molecule has 1 amide bonds. The molecule has 23 heavy (non-hydrogen) atoms. The van der Waals surface area contributed by atoms with Gasteiger partial charge in [0.2, 0.25) is 0 Å². The van der Waals surface area contributed by atoms with Crippen LogP contribution in [0.2, 0.25) is 0 Å². The molecule has 2 aromatic carbocycles. The maximum Gasteiger partial charge on any atom is 0.253 e. The Morgan fingerprint density at radius 3 is 2.26 bits per heavy atom. The Hall–Kier alpha value is -1.87. The smallest absolute Gasteiger partial charge is 0.253 e. The van der Waals surface area contributed by atoms with Gasteiger partial charge in [0.1, 0.15) is 5.82 Å². The molecular formula is C19H19ClFNO. The number of rotatable bonds is 3. The summed E-state index contributed by atoms with van der Waals surface area (Å²) in [5.74, 6) is 0.139. The number of hydrogen-bond acceptors (Lipinski definition) is 1. The number of alkyl halides is 1. The summed E-state index contributed by atoms with van der Waals surface area (Å²) in [6.07, 6.45) is 1.73. The number of hydrogen-bond donors (Lipinski definition) is 0. The van der Waals surface area contributed by atoms with E-state index >= 15 is 0 Å². The van der Waals surface area contributed by atoms with Crippen molar-refractivity contribution < 1.29 is 9.18 Å². The summed E-state index contributed by atoms with van der Waals surface area (Å²) in [7, 11) is 0. The maximum atomic E-state index is 13.0. The number of piperidine rings is 1. The Morgan fingerprint density at radius 1 is 1.04 bits per heavy atom. The lowest BCUT2D eigenvalue weighted by Crippen LogP contribution is -2.39. The van der Waals surface area contributed by atoms with E-state index in [1.54, 1.807) is 12.1 Å². The van der Waals surface area contributed by atoms with Crippen molar-refractivity contribution in [2.45, 2.75) is 18.2 Å². The SMILES string of the molecule is O=C(c1ccccc1)N1CCC(C(Cl)c2ccc(F)cc2)CC1. The van der Waals surface area contributed by atoms with E-state index in [0.29, 0.717) is 19.0 Å². The summed E-state index contributed by atoms with van der Waals surface area (Å²) in [5, 5.41) is -0.135. The van der Waals surface area contributed by atoms with Crippen LogP contribution >= 0.6 is 11.6 Å². The molecule has 0 bridgehead atoms. The van der Waals surface area contributed by atoms with Crippen LogP contribution in [0.25, 0.3) is 0 Å². The fourth-order valence-corrected chi connectivity index (χ4v) is 3.47. The van der Waals surface area contributed by atoms with Crippen LogP contribution < -0.4 is 0 Å². The van der Waals surface area contributed by atoms with Crippen LogP contribution in [0.1, 0.15) is 34.1 Å². The van der Waals surface area contributed by atoms with Crippen LogP contribution in [0, 0.1) is 11.7 Å². The molecule has 3 rings (SSSR count). The quantitative estimate of drug-likeness (QED) is 0.749. The number of benzene rings is 2. The molecule has 0 spiro atoms. The molecule has 120 valence electrons. The van der Waals surface area contributed by atoms with Crippen molar-refractivity contribution in [3.63, 3.8) is 0 Å². The molecule has 1 aliphatic heterocycles. The van der Waals surface area contributed by atoms with Gasteiger partial charge in [-0.15, -0.1) is 11.6 Å². The lowest BCUT2D eigenvalue weighted by Gasteiger charge is -2.34. The molecule has 1 atom stereocenters. The van der Waals surface area contributed by atoms with Crippen LogP contribution in [-0.2, 0) is 0 Å². The molecule has 2 nitrogen and oxygen atoms in total. The molecule has 0 saturated carbocycles. The van der Waals surface area contributed by atoms with Gasteiger partial charge in [0.25, 0.3) is 5.91 Å². The van der Waals surface area contributed by atoms with E-state index < -0.39 is 0 Å². The van der Waals surface area contributed by atoms with Gasteiger partial charge < -0.3 is 4.90 Å². The number of halogens is 2. The highest BCUT2D eigenvalue weighted by atomic mass is 35.5. The Balaban J connectivity index is 1.60. The van der Waals surface area contributed by atoms with Gasteiger partial charge in [0, 0.05) is 18.7 Å². The zero-order valence-corrected chi connectivity index (χ0v) is 13.5. The van der Waals surface area contributed by atoms with Crippen LogP contribution in [0.4, 0.5) is 4.39 Å². The second-order valence-electron chi connectivity index (χ2n) is 5.95. The topological polar surface area (TPSA) is 20.3 Å². The third-order valence-electron chi connectivity index (χ3n) is 4.45. The van der Waals surface area contributed by atoms with E-state index in [2.05, 4.69) is 0 Å². The summed E-state index contributed by atoms with van der Waals surface area (Å²) in [6, 6.07) is 15.7. The van der Waals surface area contributed by atoms with E-state index in [9.17, 15) is 9.18 Å². The third-order valence-corrected chi connectivity index (χ3v) is 5.06. The van der Waals surface area contributed by atoms with Crippen LogP contribution in [-0.4, -0.2) is 23.9 Å². The van der Waals surface area contributed by atoms with Crippen molar-refractivity contribution in [3.8, 4) is 0 Å². The molecule has 0 aromatic heterocycles. The normalized spacial score (nSPS) is 17.0. The first kappa shape index (κ1) is 16.0. The van der Waals surface area contributed by atoms with Gasteiger partial charge in [0.05, 0.1) is 5.38 Å². The van der Waals surface area contributed by atoms with Crippen molar-refractivity contribution >= 4 is 17.5 Å². The van der Waals surface area contributed by atoms with Gasteiger partial charge in [-0.3, -0.25) is 4.79 Å². The van der Waals surface area contributed by atoms with Crippen LogP contribution in [0.3, 0.4) is 0 Å². The van der Waals surface area contributed by atoms with E-state index in [1.807, 2.05) is 35.2 Å². The second-order valence-corrected chi connectivity index (χ2v) is 6.42. The van der Waals surface area contributed by atoms with Crippen molar-refractivity contribution in [1.29, 1.82) is 0 Å². The van der Waals surface area contributed by atoms with E-state index in [4.69, 9.17) is 11.6 Å². The zero-order valence-electron chi connectivity index (χ0n) is 12.8. The first-order chi connectivity index (χ1) is 11.1. The van der Waals surface area contributed by atoms with Crippen molar-refractivity contribution in [2.75, 3.05) is 13.1 Å². The third kappa shape index (κ3) is 3.73. The number of carbonyl (C=O) groups is 1. The van der Waals surface area contributed by atoms with E-state index in [-0.39, 0.29) is 17.1 Å². The van der Waals surface area contributed by atoms with Gasteiger partial charge in [-0.25, -0.2) is 4.39 Å². The highest BCUT2D eigenvalue weighted by Crippen LogP contribution is 2.36. The minimum Gasteiger partial charge on any atom is -0.339 e. The van der Waals surface area contributed by atoms with Gasteiger partial charge in [-0.1, -0.05) is 30.3 Å². The molecular weight excluding hydrogens is 313 g/mol. The molecule has 1 unspecified atom stereocenters. The Morgan fingerprint density at radius 2 is 1.65 bits per heavy atom. The number of carbonyl (C=O) groups excluding carboxylic acids is 1. The molecule has 0 aliphatic carbocycles. The lowest BCUT2D eigenvalue weighted by molar-refractivity contribution is 0.0688. The van der Waals surface area contributed by atoms with Gasteiger partial charge in [-0.05, 0) is 48.6 Å². The summed E-state index contributed by atoms with van der Waals surface area (Å²) >= 11 is 6.56. The molecule has 4 heteroatoms. The highest BCUT2D eigenvalue weighted by molar-refractivity contribution is 6.21. The molecule has 1 aliphatic rings. The van der Waals surface area contributed by atoms with Gasteiger partial charge in [-0.2, -0.15) is 0 Å². The highest BCUT2D eigenvalue weighted by Gasteiger charge is 2.28. The van der Waals surface area contributed by atoms with Crippen molar-refractivity contribution in [1.82, 2.24) is 4.90 Å². The van der Waals surface area contributed by atoms with Crippen LogP contribution in [0.15, 0.2) is 54.6 Å². The average Bonchev–Trinajstić information content (AvgIpc) is 2.62. The predicted molar refractivity (Wildman–Crippen MR) is 90.1 cm³/mol. The predicted octanol–water partition coefficient (Wildman–Crippen LogP) is 4.66. The largest absolute Gasteiger partial charge is 0.339 e. The first-order valence-corrected chi connectivity index (χ1v) is 8.32. The Kier molecular flexibility index (Phi) is 4.97. The molecule has 2 aromatic rings. The van der Waals surface area contributed by atoms with Crippen LogP contribution in [0.5, 0.6) is 0 Å². The summed E-state index contributed by atoms with van der Waals surface area (Å²) < 4.78 is 13.0. The fraction of sp³-hybridized carbons (Fsp3) is 0.316. The summed E-state index contributed by atoms with van der Waals surface area (Å²) in [5.41, 5.74) is 1.67. The fourth-order valence-electron chi connectivity index (χ4n) is 3.08. The van der Waals surface area contributed by atoms with E-state index in [1.165, 1.54) is 12.1 Å². The number of amides is 1. The van der Waals surface area contributed by atoms with Gasteiger partial charge >= 0.3 is 0 Å². The molecule has 1 fully saturated rings.